The molecular formula is C12H26N2O2. The van der Waals surface area contributed by atoms with E-state index in [1.165, 1.54) is 0 Å². The Morgan fingerprint density at radius 1 is 1.50 bits per heavy atom. The average molecular weight is 230 g/mol. The lowest BCUT2D eigenvalue weighted by Crippen LogP contribution is -2.48. The van der Waals surface area contributed by atoms with Gasteiger partial charge in [0.1, 0.15) is 0 Å². The van der Waals surface area contributed by atoms with Crippen LogP contribution in [-0.2, 0) is 4.74 Å². The second-order valence-electron chi connectivity index (χ2n) is 4.43. The Labute approximate surface area is 99.0 Å². The number of ether oxygens (including phenoxy) is 1. The maximum Gasteiger partial charge on any atom is 0.0700 e. The molecule has 2 unspecified atom stereocenters. The van der Waals surface area contributed by atoms with Crippen LogP contribution in [0.3, 0.4) is 0 Å². The van der Waals surface area contributed by atoms with Gasteiger partial charge in [-0.2, -0.15) is 0 Å². The zero-order valence-corrected chi connectivity index (χ0v) is 10.6. The molecular weight excluding hydrogens is 204 g/mol. The molecule has 0 aromatic rings. The van der Waals surface area contributed by atoms with Crippen LogP contribution in [0, 0.1) is 0 Å². The van der Waals surface area contributed by atoms with E-state index < -0.39 is 0 Å². The van der Waals surface area contributed by atoms with Crippen molar-refractivity contribution in [2.45, 2.75) is 38.8 Å². The van der Waals surface area contributed by atoms with Crippen LogP contribution in [0.2, 0.25) is 0 Å². The zero-order valence-electron chi connectivity index (χ0n) is 10.6. The molecule has 16 heavy (non-hydrogen) atoms. The summed E-state index contributed by atoms with van der Waals surface area (Å²) in [6.45, 7) is 9.42. The molecule has 2 N–H and O–H groups in total. The van der Waals surface area contributed by atoms with E-state index in [0.717, 1.165) is 45.6 Å². The Hall–Kier alpha value is -0.160. The van der Waals surface area contributed by atoms with Crippen molar-refractivity contribution in [3.8, 4) is 0 Å². The first-order valence-electron chi connectivity index (χ1n) is 6.48. The van der Waals surface area contributed by atoms with E-state index in [2.05, 4.69) is 24.1 Å². The van der Waals surface area contributed by atoms with E-state index in [1.807, 2.05) is 0 Å². The van der Waals surface area contributed by atoms with Gasteiger partial charge in [0, 0.05) is 32.3 Å². The van der Waals surface area contributed by atoms with Gasteiger partial charge in [0.2, 0.25) is 0 Å². The van der Waals surface area contributed by atoms with Gasteiger partial charge in [-0.3, -0.25) is 4.90 Å². The van der Waals surface area contributed by atoms with Crippen molar-refractivity contribution in [3.05, 3.63) is 0 Å². The maximum absolute atomic E-state index is 9.01. The second-order valence-corrected chi connectivity index (χ2v) is 4.43. The van der Waals surface area contributed by atoms with Gasteiger partial charge in [-0.15, -0.1) is 0 Å². The van der Waals surface area contributed by atoms with Crippen LogP contribution in [0.1, 0.15) is 26.7 Å². The zero-order chi connectivity index (χ0) is 11.8. The molecule has 0 radical (unpaired) electrons. The fourth-order valence-corrected chi connectivity index (χ4v) is 2.21. The molecule has 4 heteroatoms. The molecule has 1 aliphatic heterocycles. The van der Waals surface area contributed by atoms with E-state index in [1.54, 1.807) is 0 Å². The standard InChI is InChI=1S/C12H26N2O2/c1-3-12-10-14(6-8-16-12)9-11(5-7-15)13-4-2/h11-13,15H,3-10H2,1-2H3. The first-order chi connectivity index (χ1) is 7.80. The predicted octanol–water partition coefficient (Wildman–Crippen LogP) is 0.458. The van der Waals surface area contributed by atoms with Crippen LogP contribution in [0.15, 0.2) is 0 Å². The van der Waals surface area contributed by atoms with Crippen molar-refractivity contribution in [2.75, 3.05) is 39.4 Å². The van der Waals surface area contributed by atoms with Crippen LogP contribution in [-0.4, -0.2) is 61.5 Å². The smallest absolute Gasteiger partial charge is 0.0700 e. The number of nitrogens with zero attached hydrogens (tertiary/aromatic N) is 1. The Morgan fingerprint density at radius 2 is 2.31 bits per heavy atom. The van der Waals surface area contributed by atoms with Gasteiger partial charge in [-0.1, -0.05) is 13.8 Å². The highest BCUT2D eigenvalue weighted by molar-refractivity contribution is 4.76. The second kappa shape index (κ2) is 8.01. The van der Waals surface area contributed by atoms with E-state index >= 15 is 0 Å². The SMILES string of the molecule is CCNC(CCO)CN1CCOC(CC)C1. The third kappa shape index (κ3) is 4.78. The van der Waals surface area contributed by atoms with Crippen LogP contribution in [0.25, 0.3) is 0 Å². The summed E-state index contributed by atoms with van der Waals surface area (Å²) in [5.41, 5.74) is 0. The number of rotatable bonds is 7. The molecule has 1 heterocycles. The molecule has 1 fully saturated rings. The van der Waals surface area contributed by atoms with Gasteiger partial charge in [-0.25, -0.2) is 0 Å². The summed E-state index contributed by atoms with van der Waals surface area (Å²) in [7, 11) is 0. The van der Waals surface area contributed by atoms with Crippen LogP contribution in [0.5, 0.6) is 0 Å². The molecule has 0 spiro atoms. The number of nitrogens with one attached hydrogen (secondary N) is 1. The molecule has 96 valence electrons. The number of hydrogen-bond acceptors (Lipinski definition) is 4. The van der Waals surface area contributed by atoms with Crippen molar-refractivity contribution < 1.29 is 9.84 Å². The first kappa shape index (κ1) is 13.9. The molecule has 0 amide bonds. The van der Waals surface area contributed by atoms with Crippen molar-refractivity contribution in [1.82, 2.24) is 10.2 Å². The van der Waals surface area contributed by atoms with Crippen LogP contribution < -0.4 is 5.32 Å². The highest BCUT2D eigenvalue weighted by atomic mass is 16.5. The fourth-order valence-electron chi connectivity index (χ4n) is 2.21. The fraction of sp³-hybridized carbons (Fsp3) is 1.00. The summed E-state index contributed by atoms with van der Waals surface area (Å²) >= 11 is 0. The molecule has 1 saturated heterocycles. The molecule has 0 bridgehead atoms. The number of aliphatic hydroxyl groups excluding tert-OH is 1. The van der Waals surface area contributed by atoms with Gasteiger partial charge < -0.3 is 15.2 Å². The summed E-state index contributed by atoms with van der Waals surface area (Å²) in [5, 5.41) is 12.4. The summed E-state index contributed by atoms with van der Waals surface area (Å²) in [6.07, 6.45) is 2.31. The van der Waals surface area contributed by atoms with Crippen molar-refractivity contribution in [1.29, 1.82) is 0 Å². The highest BCUT2D eigenvalue weighted by Gasteiger charge is 2.21. The predicted molar refractivity (Wildman–Crippen MR) is 65.6 cm³/mol. The van der Waals surface area contributed by atoms with E-state index in [-0.39, 0.29) is 6.61 Å². The van der Waals surface area contributed by atoms with Crippen LogP contribution in [0.4, 0.5) is 0 Å². The van der Waals surface area contributed by atoms with Crippen LogP contribution >= 0.6 is 0 Å². The Bertz CT molecular complexity index is 172. The number of morpholine rings is 1. The molecule has 0 aliphatic carbocycles. The number of likely N-dealkylation sites (N-methyl/N-ethyl adjacent to an activating group) is 1. The minimum Gasteiger partial charge on any atom is -0.396 e. The summed E-state index contributed by atoms with van der Waals surface area (Å²) in [4.78, 5) is 2.45. The van der Waals surface area contributed by atoms with Gasteiger partial charge in [-0.05, 0) is 19.4 Å². The minimum absolute atomic E-state index is 0.263. The molecule has 4 nitrogen and oxygen atoms in total. The quantitative estimate of drug-likeness (QED) is 0.667. The minimum atomic E-state index is 0.263. The highest BCUT2D eigenvalue weighted by Crippen LogP contribution is 2.09. The summed E-state index contributed by atoms with van der Waals surface area (Å²) < 4.78 is 5.65. The third-order valence-electron chi connectivity index (χ3n) is 3.13. The molecule has 1 rings (SSSR count). The number of hydrogen-bond donors (Lipinski definition) is 2. The number of aliphatic hydroxyl groups is 1. The Morgan fingerprint density at radius 3 is 2.94 bits per heavy atom. The lowest BCUT2D eigenvalue weighted by Gasteiger charge is -2.34. The van der Waals surface area contributed by atoms with E-state index in [0.29, 0.717) is 12.1 Å². The van der Waals surface area contributed by atoms with Crippen molar-refractivity contribution in [3.63, 3.8) is 0 Å². The molecule has 0 aromatic heterocycles. The molecule has 2 atom stereocenters. The lowest BCUT2D eigenvalue weighted by atomic mass is 10.1. The lowest BCUT2D eigenvalue weighted by molar-refractivity contribution is -0.0326. The third-order valence-corrected chi connectivity index (χ3v) is 3.13. The van der Waals surface area contributed by atoms with E-state index in [9.17, 15) is 0 Å². The van der Waals surface area contributed by atoms with Crippen molar-refractivity contribution >= 4 is 0 Å². The van der Waals surface area contributed by atoms with Gasteiger partial charge in [0.25, 0.3) is 0 Å². The molecule has 0 saturated carbocycles. The van der Waals surface area contributed by atoms with Gasteiger partial charge >= 0.3 is 0 Å². The summed E-state index contributed by atoms with van der Waals surface area (Å²) in [6, 6.07) is 0.408. The average Bonchev–Trinajstić information content (AvgIpc) is 2.30. The molecule has 1 aliphatic rings. The Kier molecular flexibility index (Phi) is 6.96. The largest absolute Gasteiger partial charge is 0.396 e. The first-order valence-corrected chi connectivity index (χ1v) is 6.48. The normalized spacial score (nSPS) is 24.6. The topological polar surface area (TPSA) is 44.7 Å². The summed E-state index contributed by atoms with van der Waals surface area (Å²) in [5.74, 6) is 0. The van der Waals surface area contributed by atoms with Crippen molar-refractivity contribution in [2.24, 2.45) is 0 Å². The van der Waals surface area contributed by atoms with Gasteiger partial charge in [0.05, 0.1) is 12.7 Å². The van der Waals surface area contributed by atoms with Gasteiger partial charge in [0.15, 0.2) is 0 Å². The molecule has 0 aromatic carbocycles. The monoisotopic (exact) mass is 230 g/mol. The van der Waals surface area contributed by atoms with E-state index in [4.69, 9.17) is 9.84 Å². The Balaban J connectivity index is 2.31. The maximum atomic E-state index is 9.01.